The van der Waals surface area contributed by atoms with Crippen LogP contribution in [0.3, 0.4) is 0 Å². The van der Waals surface area contributed by atoms with E-state index in [1.807, 2.05) is 13.8 Å². The predicted octanol–water partition coefficient (Wildman–Crippen LogP) is 4.57. The molecule has 0 amide bonds. The van der Waals surface area contributed by atoms with Crippen molar-refractivity contribution in [2.24, 2.45) is 0 Å². The highest BCUT2D eigenvalue weighted by molar-refractivity contribution is 8.01. The van der Waals surface area contributed by atoms with Crippen LogP contribution in [0.4, 0.5) is 13.9 Å². The maximum absolute atomic E-state index is 13.5. The normalized spacial score (nSPS) is 12.9. The fourth-order valence-corrected chi connectivity index (χ4v) is 4.31. The Bertz CT molecular complexity index is 801. The predicted molar refractivity (Wildman–Crippen MR) is 89.3 cm³/mol. The molecule has 2 heterocycles. The van der Waals surface area contributed by atoms with Gasteiger partial charge in [0.15, 0.2) is 4.34 Å². The third-order valence-electron chi connectivity index (χ3n) is 3.19. The van der Waals surface area contributed by atoms with E-state index in [0.29, 0.717) is 16.9 Å². The molecule has 1 N–H and O–H groups in total. The highest BCUT2D eigenvalue weighted by Crippen LogP contribution is 2.39. The first kappa shape index (κ1) is 16.1. The van der Waals surface area contributed by atoms with Gasteiger partial charge in [0.1, 0.15) is 5.82 Å². The average molecular weight is 355 g/mol. The minimum atomic E-state index is -2.63. The molecule has 3 rings (SSSR count). The highest BCUT2D eigenvalue weighted by atomic mass is 32.2. The summed E-state index contributed by atoms with van der Waals surface area (Å²) in [7, 11) is 0. The van der Waals surface area contributed by atoms with Gasteiger partial charge in [0.2, 0.25) is 5.13 Å². The first-order valence-corrected chi connectivity index (χ1v) is 8.78. The van der Waals surface area contributed by atoms with Gasteiger partial charge in [-0.25, -0.2) is 4.98 Å². The zero-order chi connectivity index (χ0) is 16.4. The number of anilines is 1. The SMILES string of the molecule is CCNc1nnc(SC(C)c2nc3ccccc3n2C(F)F)s1. The molecule has 2 aromatic heterocycles. The van der Waals surface area contributed by atoms with E-state index >= 15 is 0 Å². The largest absolute Gasteiger partial charge is 0.360 e. The van der Waals surface area contributed by atoms with Gasteiger partial charge in [0, 0.05) is 6.54 Å². The Morgan fingerprint density at radius 2 is 2.09 bits per heavy atom. The van der Waals surface area contributed by atoms with Gasteiger partial charge in [-0.1, -0.05) is 35.2 Å². The zero-order valence-corrected chi connectivity index (χ0v) is 14.2. The van der Waals surface area contributed by atoms with Crippen molar-refractivity contribution in [1.29, 1.82) is 0 Å². The smallest absolute Gasteiger partial charge is 0.320 e. The fraction of sp³-hybridized carbons (Fsp3) is 0.357. The van der Waals surface area contributed by atoms with Gasteiger partial charge in [-0.15, -0.1) is 10.2 Å². The Morgan fingerprint density at radius 3 is 2.83 bits per heavy atom. The number of hydrogen-bond donors (Lipinski definition) is 1. The molecule has 5 nitrogen and oxygen atoms in total. The molecular formula is C14H15F2N5S2. The molecule has 9 heteroatoms. The summed E-state index contributed by atoms with van der Waals surface area (Å²) in [4.78, 5) is 4.38. The minimum absolute atomic E-state index is 0.265. The van der Waals surface area contributed by atoms with E-state index in [2.05, 4.69) is 20.5 Å². The minimum Gasteiger partial charge on any atom is -0.360 e. The Morgan fingerprint density at radius 1 is 1.30 bits per heavy atom. The number of nitrogens with zero attached hydrogens (tertiary/aromatic N) is 4. The molecule has 1 atom stereocenters. The van der Waals surface area contributed by atoms with Crippen LogP contribution < -0.4 is 5.32 Å². The maximum atomic E-state index is 13.5. The summed E-state index contributed by atoms with van der Waals surface area (Å²) in [5.74, 6) is 0.339. The van der Waals surface area contributed by atoms with Crippen molar-refractivity contribution in [2.45, 2.75) is 30.0 Å². The van der Waals surface area contributed by atoms with E-state index < -0.39 is 6.55 Å². The van der Waals surface area contributed by atoms with E-state index in [9.17, 15) is 8.78 Å². The molecule has 1 aromatic carbocycles. The number of alkyl halides is 2. The van der Waals surface area contributed by atoms with Crippen LogP contribution in [0.2, 0.25) is 0 Å². The van der Waals surface area contributed by atoms with Crippen molar-refractivity contribution in [3.05, 3.63) is 30.1 Å². The molecule has 0 bridgehead atoms. The number of para-hydroxylation sites is 2. The lowest BCUT2D eigenvalue weighted by Crippen LogP contribution is -2.06. The number of aromatic nitrogens is 4. The van der Waals surface area contributed by atoms with Crippen molar-refractivity contribution in [2.75, 3.05) is 11.9 Å². The number of rotatable bonds is 6. The van der Waals surface area contributed by atoms with Crippen LogP contribution in [0.5, 0.6) is 0 Å². The molecule has 0 aliphatic carbocycles. The Balaban J connectivity index is 1.90. The monoisotopic (exact) mass is 355 g/mol. The number of imidazole rings is 1. The number of nitrogens with one attached hydrogen (secondary N) is 1. The number of thioether (sulfide) groups is 1. The van der Waals surface area contributed by atoms with Crippen LogP contribution in [-0.2, 0) is 0 Å². The second-order valence-corrected chi connectivity index (χ2v) is 7.34. The molecule has 0 aliphatic rings. The van der Waals surface area contributed by atoms with E-state index in [4.69, 9.17) is 0 Å². The third kappa shape index (κ3) is 3.30. The molecule has 3 aromatic rings. The summed E-state index contributed by atoms with van der Waals surface area (Å²) in [5.41, 5.74) is 1.01. The van der Waals surface area contributed by atoms with Crippen molar-refractivity contribution in [3.8, 4) is 0 Å². The van der Waals surface area contributed by atoms with E-state index in [0.717, 1.165) is 20.6 Å². The topological polar surface area (TPSA) is 55.6 Å². The average Bonchev–Trinajstić information content (AvgIpc) is 3.11. The first-order valence-electron chi connectivity index (χ1n) is 7.09. The van der Waals surface area contributed by atoms with Crippen LogP contribution in [0.15, 0.2) is 28.6 Å². The van der Waals surface area contributed by atoms with Crippen molar-refractivity contribution < 1.29 is 8.78 Å². The third-order valence-corrected chi connectivity index (χ3v) is 5.26. The van der Waals surface area contributed by atoms with Crippen LogP contribution in [0.1, 0.15) is 31.5 Å². The molecular weight excluding hydrogens is 340 g/mol. The van der Waals surface area contributed by atoms with Crippen molar-refractivity contribution >= 4 is 39.3 Å². The Kier molecular flexibility index (Phi) is 4.76. The Labute approximate surface area is 140 Å². The van der Waals surface area contributed by atoms with Crippen molar-refractivity contribution in [1.82, 2.24) is 19.7 Å². The summed E-state index contributed by atoms with van der Waals surface area (Å²) >= 11 is 2.79. The molecule has 0 fully saturated rings. The second-order valence-electron chi connectivity index (χ2n) is 4.77. The fourth-order valence-electron chi connectivity index (χ4n) is 2.24. The zero-order valence-electron chi connectivity index (χ0n) is 12.5. The van der Waals surface area contributed by atoms with Crippen LogP contribution in [0, 0.1) is 0 Å². The molecule has 122 valence electrons. The molecule has 1 unspecified atom stereocenters. The van der Waals surface area contributed by atoms with E-state index in [1.165, 1.54) is 23.1 Å². The summed E-state index contributed by atoms with van der Waals surface area (Å²) < 4.78 is 28.7. The molecule has 0 saturated heterocycles. The van der Waals surface area contributed by atoms with Gasteiger partial charge >= 0.3 is 6.55 Å². The van der Waals surface area contributed by atoms with Gasteiger partial charge in [0.25, 0.3) is 0 Å². The van der Waals surface area contributed by atoms with Crippen molar-refractivity contribution in [3.63, 3.8) is 0 Å². The van der Waals surface area contributed by atoms with Crippen LogP contribution in [-0.4, -0.2) is 26.3 Å². The number of fused-ring (bicyclic) bond motifs is 1. The van der Waals surface area contributed by atoms with Gasteiger partial charge in [0.05, 0.1) is 16.3 Å². The van der Waals surface area contributed by atoms with Crippen LogP contribution in [0.25, 0.3) is 11.0 Å². The molecule has 0 saturated carbocycles. The maximum Gasteiger partial charge on any atom is 0.320 e. The summed E-state index contributed by atoms with van der Waals surface area (Å²) in [5, 5.41) is 11.6. The summed E-state index contributed by atoms with van der Waals surface area (Å²) in [6.07, 6.45) is 0. The number of benzene rings is 1. The second kappa shape index (κ2) is 6.79. The Hall–Kier alpha value is -1.74. The van der Waals surface area contributed by atoms with Gasteiger partial charge in [-0.2, -0.15) is 8.78 Å². The summed E-state index contributed by atoms with van der Waals surface area (Å²) in [6, 6.07) is 6.92. The lowest BCUT2D eigenvalue weighted by molar-refractivity contribution is 0.0715. The lowest BCUT2D eigenvalue weighted by atomic mass is 10.3. The summed E-state index contributed by atoms with van der Waals surface area (Å²) in [6.45, 7) is 1.95. The van der Waals surface area contributed by atoms with Gasteiger partial charge in [-0.3, -0.25) is 4.57 Å². The van der Waals surface area contributed by atoms with E-state index in [-0.39, 0.29) is 5.25 Å². The molecule has 23 heavy (non-hydrogen) atoms. The quantitative estimate of drug-likeness (QED) is 0.657. The number of hydrogen-bond acceptors (Lipinski definition) is 6. The van der Waals surface area contributed by atoms with Gasteiger partial charge in [-0.05, 0) is 26.0 Å². The molecule has 0 aliphatic heterocycles. The van der Waals surface area contributed by atoms with E-state index in [1.54, 1.807) is 24.3 Å². The van der Waals surface area contributed by atoms with Gasteiger partial charge < -0.3 is 5.32 Å². The molecule has 0 radical (unpaired) electrons. The standard InChI is InChI=1S/C14H15F2N5S2/c1-3-17-13-19-20-14(23-13)22-8(2)11-18-9-6-4-5-7-10(9)21(11)12(15)16/h4-8,12H,3H2,1-2H3,(H,17,19). The first-order chi connectivity index (χ1) is 11.1. The lowest BCUT2D eigenvalue weighted by Gasteiger charge is -2.12. The van der Waals surface area contributed by atoms with Crippen LogP contribution >= 0.6 is 23.1 Å². The number of halogens is 2. The highest BCUT2D eigenvalue weighted by Gasteiger charge is 2.23. The molecule has 0 spiro atoms.